The first-order valence-electron chi connectivity index (χ1n) is 6.03. The number of nitrogens with two attached hydrogens (primary N) is 1. The van der Waals surface area contributed by atoms with E-state index in [1.807, 2.05) is 0 Å². The fraction of sp³-hybridized carbons (Fsp3) is 0.462. The van der Waals surface area contributed by atoms with Crippen molar-refractivity contribution in [1.82, 2.24) is 5.32 Å². The summed E-state index contributed by atoms with van der Waals surface area (Å²) >= 11 is 0. The number of fused-ring (bicyclic) bond motifs is 1. The summed E-state index contributed by atoms with van der Waals surface area (Å²) in [5.41, 5.74) is 7.93. The van der Waals surface area contributed by atoms with Crippen LogP contribution in [-0.2, 0) is 11.2 Å². The van der Waals surface area contributed by atoms with E-state index in [0.717, 1.165) is 13.0 Å². The Morgan fingerprint density at radius 1 is 1.53 bits per heavy atom. The molecule has 1 heterocycles. The van der Waals surface area contributed by atoms with E-state index in [2.05, 4.69) is 41.4 Å². The van der Waals surface area contributed by atoms with Gasteiger partial charge in [0.1, 0.15) is 0 Å². The third-order valence-electron chi connectivity index (χ3n) is 3.21. The quantitative estimate of drug-likeness (QED) is 0.797. The number of benzene rings is 1. The summed E-state index contributed by atoms with van der Waals surface area (Å²) in [6.45, 7) is 3.76. The van der Waals surface area contributed by atoms with E-state index in [9.17, 15) is 4.79 Å². The van der Waals surface area contributed by atoms with Crippen LogP contribution in [0.4, 0.5) is 5.69 Å². The molecule has 1 aromatic rings. The first-order chi connectivity index (χ1) is 8.22. The number of nitrogens with zero attached hydrogens (tertiary/aromatic N) is 1. The average molecular weight is 233 g/mol. The Kier molecular flexibility index (Phi) is 3.64. The molecule has 0 radical (unpaired) electrons. The van der Waals surface area contributed by atoms with E-state index in [1.165, 1.54) is 11.3 Å². The second-order valence-corrected chi connectivity index (χ2v) is 4.43. The molecular weight excluding hydrogens is 214 g/mol. The van der Waals surface area contributed by atoms with Crippen molar-refractivity contribution in [3.63, 3.8) is 0 Å². The molecule has 17 heavy (non-hydrogen) atoms. The number of carbonyl (C=O) groups excluding carboxylic acids is 1. The van der Waals surface area contributed by atoms with E-state index in [4.69, 9.17) is 5.73 Å². The first-order valence-corrected chi connectivity index (χ1v) is 6.03. The van der Waals surface area contributed by atoms with Crippen LogP contribution in [-0.4, -0.2) is 31.6 Å². The normalized spacial score (nSPS) is 18.0. The van der Waals surface area contributed by atoms with Gasteiger partial charge in [-0.25, -0.2) is 0 Å². The fourth-order valence-corrected chi connectivity index (χ4v) is 2.36. The average Bonchev–Trinajstić information content (AvgIpc) is 2.66. The van der Waals surface area contributed by atoms with Crippen LogP contribution in [0.25, 0.3) is 0 Å². The summed E-state index contributed by atoms with van der Waals surface area (Å²) in [6, 6.07) is 8.95. The molecular formula is C13H19N3O. The molecule has 3 N–H and O–H groups in total. The number of hydrogen-bond acceptors (Lipinski definition) is 3. The van der Waals surface area contributed by atoms with Crippen LogP contribution in [0.5, 0.6) is 0 Å². The highest BCUT2D eigenvalue weighted by Crippen LogP contribution is 2.30. The number of para-hydroxylation sites is 1. The summed E-state index contributed by atoms with van der Waals surface area (Å²) in [5.74, 6) is -0.0925. The second-order valence-electron chi connectivity index (χ2n) is 4.43. The van der Waals surface area contributed by atoms with E-state index in [1.54, 1.807) is 0 Å². The molecule has 0 aromatic heterocycles. The van der Waals surface area contributed by atoms with Crippen LogP contribution in [0.1, 0.15) is 12.5 Å². The molecule has 1 aromatic carbocycles. The number of anilines is 1. The molecule has 1 amide bonds. The minimum atomic E-state index is -0.0925. The van der Waals surface area contributed by atoms with Gasteiger partial charge in [-0.15, -0.1) is 0 Å². The van der Waals surface area contributed by atoms with Crippen LogP contribution >= 0.6 is 0 Å². The number of carbonyl (C=O) groups is 1. The Labute approximate surface area is 102 Å². The molecule has 4 nitrogen and oxygen atoms in total. The Morgan fingerprint density at radius 3 is 3.06 bits per heavy atom. The highest BCUT2D eigenvalue weighted by atomic mass is 16.1. The lowest BCUT2D eigenvalue weighted by atomic mass is 10.1. The zero-order valence-electron chi connectivity index (χ0n) is 10.1. The lowest BCUT2D eigenvalue weighted by Crippen LogP contribution is -2.39. The van der Waals surface area contributed by atoms with Gasteiger partial charge in [-0.05, 0) is 25.0 Å². The number of hydrogen-bond donors (Lipinski definition) is 2. The van der Waals surface area contributed by atoms with Crippen molar-refractivity contribution >= 4 is 11.6 Å². The zero-order valence-corrected chi connectivity index (χ0v) is 10.1. The Balaban J connectivity index is 1.95. The monoisotopic (exact) mass is 233 g/mol. The number of rotatable bonds is 4. The maximum Gasteiger partial charge on any atom is 0.233 e. The third-order valence-corrected chi connectivity index (χ3v) is 3.21. The predicted octanol–water partition coefficient (Wildman–Crippen LogP) is 0.513. The van der Waals surface area contributed by atoms with Gasteiger partial charge in [-0.3, -0.25) is 4.79 Å². The van der Waals surface area contributed by atoms with Gasteiger partial charge in [0, 0.05) is 24.8 Å². The molecule has 1 aliphatic rings. The smallest absolute Gasteiger partial charge is 0.233 e. The largest absolute Gasteiger partial charge is 0.367 e. The topological polar surface area (TPSA) is 58.4 Å². The van der Waals surface area contributed by atoms with Gasteiger partial charge in [0.2, 0.25) is 5.91 Å². The van der Waals surface area contributed by atoms with Crippen molar-refractivity contribution < 1.29 is 4.79 Å². The standard InChI is InChI=1S/C13H19N3O/c1-10-8-11-4-2-3-5-12(11)16(10)7-6-15-13(17)9-14/h2-5,10H,6-9,14H2,1H3,(H,15,17). The second kappa shape index (κ2) is 5.19. The molecule has 0 saturated heterocycles. The van der Waals surface area contributed by atoms with Gasteiger partial charge in [-0.2, -0.15) is 0 Å². The van der Waals surface area contributed by atoms with Crippen molar-refractivity contribution in [2.24, 2.45) is 5.73 Å². The summed E-state index contributed by atoms with van der Waals surface area (Å²) in [4.78, 5) is 13.4. The van der Waals surface area contributed by atoms with Crippen molar-refractivity contribution in [2.75, 3.05) is 24.5 Å². The van der Waals surface area contributed by atoms with E-state index < -0.39 is 0 Å². The molecule has 1 unspecified atom stereocenters. The van der Waals surface area contributed by atoms with Gasteiger partial charge >= 0.3 is 0 Å². The number of nitrogens with one attached hydrogen (secondary N) is 1. The summed E-state index contributed by atoms with van der Waals surface area (Å²) in [7, 11) is 0. The van der Waals surface area contributed by atoms with Gasteiger partial charge in [0.15, 0.2) is 0 Å². The van der Waals surface area contributed by atoms with Gasteiger partial charge in [0.25, 0.3) is 0 Å². The molecule has 92 valence electrons. The zero-order chi connectivity index (χ0) is 12.3. The maximum atomic E-state index is 11.1. The van der Waals surface area contributed by atoms with E-state index >= 15 is 0 Å². The summed E-state index contributed by atoms with van der Waals surface area (Å²) in [6.07, 6.45) is 1.08. The van der Waals surface area contributed by atoms with Gasteiger partial charge in [-0.1, -0.05) is 18.2 Å². The SMILES string of the molecule is CC1Cc2ccccc2N1CCNC(=O)CN. The van der Waals surface area contributed by atoms with Gasteiger partial charge < -0.3 is 16.0 Å². The maximum absolute atomic E-state index is 11.1. The molecule has 1 aliphatic heterocycles. The van der Waals surface area contributed by atoms with Crippen molar-refractivity contribution in [3.05, 3.63) is 29.8 Å². The molecule has 0 bridgehead atoms. The predicted molar refractivity (Wildman–Crippen MR) is 69.0 cm³/mol. The van der Waals surface area contributed by atoms with E-state index in [-0.39, 0.29) is 12.5 Å². The molecule has 0 fully saturated rings. The molecule has 0 spiro atoms. The van der Waals surface area contributed by atoms with Crippen LogP contribution in [0.15, 0.2) is 24.3 Å². The Bertz CT molecular complexity index is 405. The molecule has 0 saturated carbocycles. The molecule has 1 atom stereocenters. The van der Waals surface area contributed by atoms with Crippen LogP contribution in [0.3, 0.4) is 0 Å². The molecule has 4 heteroatoms. The molecule has 0 aliphatic carbocycles. The van der Waals surface area contributed by atoms with E-state index in [0.29, 0.717) is 12.6 Å². The van der Waals surface area contributed by atoms with Crippen molar-refractivity contribution in [1.29, 1.82) is 0 Å². The summed E-state index contributed by atoms with van der Waals surface area (Å²) in [5, 5.41) is 2.80. The van der Waals surface area contributed by atoms with Crippen LogP contribution < -0.4 is 16.0 Å². The Morgan fingerprint density at radius 2 is 2.29 bits per heavy atom. The number of amides is 1. The van der Waals surface area contributed by atoms with Crippen LogP contribution in [0, 0.1) is 0 Å². The lowest BCUT2D eigenvalue weighted by molar-refractivity contribution is -0.119. The lowest BCUT2D eigenvalue weighted by Gasteiger charge is -2.24. The highest BCUT2D eigenvalue weighted by Gasteiger charge is 2.24. The van der Waals surface area contributed by atoms with Gasteiger partial charge in [0.05, 0.1) is 6.54 Å². The van der Waals surface area contributed by atoms with Crippen LogP contribution in [0.2, 0.25) is 0 Å². The minimum absolute atomic E-state index is 0.0616. The Hall–Kier alpha value is -1.55. The third kappa shape index (κ3) is 2.58. The summed E-state index contributed by atoms with van der Waals surface area (Å²) < 4.78 is 0. The first kappa shape index (κ1) is 11.9. The fourth-order valence-electron chi connectivity index (χ4n) is 2.36. The minimum Gasteiger partial charge on any atom is -0.367 e. The molecule has 2 rings (SSSR count). The highest BCUT2D eigenvalue weighted by molar-refractivity contribution is 5.77. The van der Waals surface area contributed by atoms with Crippen molar-refractivity contribution in [3.8, 4) is 0 Å². The van der Waals surface area contributed by atoms with Crippen molar-refractivity contribution in [2.45, 2.75) is 19.4 Å².